The van der Waals surface area contributed by atoms with Crippen LogP contribution in [0.5, 0.6) is 5.75 Å². The number of ether oxygens (including phenoxy) is 1. The fraction of sp³-hybridized carbons (Fsp3) is 0.154. The van der Waals surface area contributed by atoms with E-state index in [0.29, 0.717) is 28.8 Å². The molecule has 0 aliphatic rings. The van der Waals surface area contributed by atoms with Gasteiger partial charge in [-0.3, -0.25) is 4.79 Å². The lowest BCUT2D eigenvalue weighted by Crippen LogP contribution is -2.26. The summed E-state index contributed by atoms with van der Waals surface area (Å²) in [6.45, 7) is 0.397. The minimum Gasteiger partial charge on any atom is -0.497 e. The van der Waals surface area contributed by atoms with Crippen LogP contribution in [0.15, 0.2) is 79.0 Å². The molecule has 0 N–H and O–H groups in total. The second-order valence-electron chi connectivity index (χ2n) is 7.78. The Kier molecular flexibility index (Phi) is 6.84. The summed E-state index contributed by atoms with van der Waals surface area (Å²) in [5.74, 6) is 0.821. The predicted octanol–water partition coefficient (Wildman–Crippen LogP) is 5.59. The van der Waals surface area contributed by atoms with Crippen molar-refractivity contribution >= 4 is 28.9 Å². The Hall–Kier alpha value is -3.84. The van der Waals surface area contributed by atoms with Gasteiger partial charge in [-0.05, 0) is 72.8 Å². The highest BCUT2D eigenvalue weighted by molar-refractivity contribution is 6.30. The molecule has 0 unspecified atom stereocenters. The van der Waals surface area contributed by atoms with Gasteiger partial charge in [-0.2, -0.15) is 0 Å². The average Bonchev–Trinajstić information content (AvgIpc) is 3.27. The summed E-state index contributed by atoms with van der Waals surface area (Å²) < 4.78 is 20.4. The van der Waals surface area contributed by atoms with Gasteiger partial charge in [-0.15, -0.1) is 0 Å². The normalized spacial score (nSPS) is 10.7. The highest BCUT2D eigenvalue weighted by atomic mass is 35.5. The Labute approximate surface area is 202 Å². The quantitative estimate of drug-likeness (QED) is 0.347. The summed E-state index contributed by atoms with van der Waals surface area (Å²) in [6.07, 6.45) is 1.72. The monoisotopic (exact) mass is 478 g/mol. The fourth-order valence-electron chi connectivity index (χ4n) is 3.55. The number of carbonyl (C=O) groups excluding carboxylic acids is 1. The van der Waals surface area contributed by atoms with Crippen molar-refractivity contribution in [3.05, 3.63) is 101 Å². The molecule has 1 amide bonds. The highest BCUT2D eigenvalue weighted by Gasteiger charge is 2.21. The molecule has 3 aromatic carbocycles. The van der Waals surface area contributed by atoms with Gasteiger partial charge < -0.3 is 19.1 Å². The number of benzene rings is 3. The van der Waals surface area contributed by atoms with E-state index in [1.54, 1.807) is 61.7 Å². The molecule has 0 radical (unpaired) electrons. The predicted molar refractivity (Wildman–Crippen MR) is 133 cm³/mol. The van der Waals surface area contributed by atoms with E-state index in [9.17, 15) is 9.18 Å². The summed E-state index contributed by atoms with van der Waals surface area (Å²) in [5.41, 5.74) is 2.67. The number of hydrogen-bond donors (Lipinski definition) is 0. The SMILES string of the molecule is COc1ccc(N(C)C(=O)c2cn(-c3ccc(Cl)cc3)c(CN(C)c3ccc(F)cc3)n2)cc1. The van der Waals surface area contributed by atoms with Gasteiger partial charge in [0.1, 0.15) is 23.1 Å². The number of amides is 1. The Morgan fingerprint density at radius 2 is 1.59 bits per heavy atom. The smallest absolute Gasteiger partial charge is 0.278 e. The molecule has 6 nitrogen and oxygen atoms in total. The minimum absolute atomic E-state index is 0.247. The number of methoxy groups -OCH3 is 1. The Morgan fingerprint density at radius 1 is 0.971 bits per heavy atom. The minimum atomic E-state index is -0.297. The molecule has 0 saturated carbocycles. The number of rotatable bonds is 7. The molecule has 0 saturated heterocycles. The van der Waals surface area contributed by atoms with Crippen molar-refractivity contribution in [3.8, 4) is 11.4 Å². The van der Waals surface area contributed by atoms with Crippen molar-refractivity contribution in [3.63, 3.8) is 0 Å². The zero-order chi connectivity index (χ0) is 24.2. The maximum absolute atomic E-state index is 13.4. The maximum Gasteiger partial charge on any atom is 0.278 e. The lowest BCUT2D eigenvalue weighted by molar-refractivity contribution is 0.0988. The number of aromatic nitrogens is 2. The van der Waals surface area contributed by atoms with E-state index in [2.05, 4.69) is 4.98 Å². The average molecular weight is 479 g/mol. The van der Waals surface area contributed by atoms with Crippen LogP contribution in [0, 0.1) is 5.82 Å². The third-order valence-corrected chi connectivity index (χ3v) is 5.77. The van der Waals surface area contributed by atoms with Crippen LogP contribution >= 0.6 is 11.6 Å². The first kappa shape index (κ1) is 23.3. The van der Waals surface area contributed by atoms with Gasteiger partial charge in [-0.1, -0.05) is 11.6 Å². The molecule has 0 bridgehead atoms. The van der Waals surface area contributed by atoms with Crippen LogP contribution in [0.25, 0.3) is 5.69 Å². The van der Waals surface area contributed by atoms with E-state index in [4.69, 9.17) is 16.3 Å². The largest absolute Gasteiger partial charge is 0.497 e. The van der Waals surface area contributed by atoms with Crippen molar-refractivity contribution in [1.29, 1.82) is 0 Å². The number of nitrogens with zero attached hydrogens (tertiary/aromatic N) is 4. The lowest BCUT2D eigenvalue weighted by atomic mass is 10.2. The van der Waals surface area contributed by atoms with Gasteiger partial charge >= 0.3 is 0 Å². The number of carbonyl (C=O) groups is 1. The number of halogens is 2. The van der Waals surface area contributed by atoms with E-state index >= 15 is 0 Å². The van der Waals surface area contributed by atoms with Crippen LogP contribution in [0.4, 0.5) is 15.8 Å². The first-order valence-corrected chi connectivity index (χ1v) is 11.0. The highest BCUT2D eigenvalue weighted by Crippen LogP contribution is 2.23. The molecule has 34 heavy (non-hydrogen) atoms. The van der Waals surface area contributed by atoms with Crippen molar-refractivity contribution < 1.29 is 13.9 Å². The van der Waals surface area contributed by atoms with E-state index in [1.807, 2.05) is 40.8 Å². The summed E-state index contributed by atoms with van der Waals surface area (Å²) in [5, 5.41) is 0.615. The number of hydrogen-bond acceptors (Lipinski definition) is 4. The van der Waals surface area contributed by atoms with Gasteiger partial charge in [0.25, 0.3) is 5.91 Å². The standard InChI is InChI=1S/C26H24ClFN4O2/c1-30(20-10-6-19(28)7-11-20)17-25-29-24(16-32(25)22-8-4-18(27)5-9-22)26(33)31(2)21-12-14-23(34-3)15-13-21/h4-16H,17H2,1-3H3. The Balaban J connectivity index is 1.67. The molecule has 0 spiro atoms. The van der Waals surface area contributed by atoms with Crippen LogP contribution in [-0.4, -0.2) is 36.7 Å². The number of anilines is 2. The summed E-state index contributed by atoms with van der Waals surface area (Å²) in [7, 11) is 5.19. The van der Waals surface area contributed by atoms with E-state index < -0.39 is 0 Å². The van der Waals surface area contributed by atoms with Crippen LogP contribution in [0.2, 0.25) is 5.02 Å². The molecule has 0 aliphatic heterocycles. The molecule has 0 fully saturated rings. The van der Waals surface area contributed by atoms with Gasteiger partial charge in [0.15, 0.2) is 0 Å². The lowest BCUT2D eigenvalue weighted by Gasteiger charge is -2.19. The molecule has 1 heterocycles. The fourth-order valence-corrected chi connectivity index (χ4v) is 3.68. The molecule has 0 atom stereocenters. The van der Waals surface area contributed by atoms with E-state index in [1.165, 1.54) is 12.1 Å². The third kappa shape index (κ3) is 5.05. The van der Waals surface area contributed by atoms with Crippen molar-refractivity contribution in [2.75, 3.05) is 31.0 Å². The Morgan fingerprint density at radius 3 is 2.21 bits per heavy atom. The maximum atomic E-state index is 13.4. The molecule has 4 aromatic rings. The zero-order valence-corrected chi connectivity index (χ0v) is 19.8. The van der Waals surface area contributed by atoms with Crippen molar-refractivity contribution in [2.45, 2.75) is 6.54 Å². The van der Waals surface area contributed by atoms with Crippen molar-refractivity contribution in [2.24, 2.45) is 0 Å². The van der Waals surface area contributed by atoms with Crippen LogP contribution in [-0.2, 0) is 6.54 Å². The first-order chi connectivity index (χ1) is 16.4. The topological polar surface area (TPSA) is 50.6 Å². The first-order valence-electron chi connectivity index (χ1n) is 10.6. The van der Waals surface area contributed by atoms with Crippen LogP contribution in [0.3, 0.4) is 0 Å². The molecule has 174 valence electrons. The molecular formula is C26H24ClFN4O2. The van der Waals surface area contributed by atoms with Crippen LogP contribution < -0.4 is 14.5 Å². The Bertz CT molecular complexity index is 1270. The van der Waals surface area contributed by atoms with E-state index in [0.717, 1.165) is 17.1 Å². The third-order valence-electron chi connectivity index (χ3n) is 5.51. The van der Waals surface area contributed by atoms with Gasteiger partial charge in [-0.25, -0.2) is 9.37 Å². The van der Waals surface area contributed by atoms with Crippen LogP contribution in [0.1, 0.15) is 16.3 Å². The summed E-state index contributed by atoms with van der Waals surface area (Å²) in [6, 6.07) is 20.8. The van der Waals surface area contributed by atoms with Gasteiger partial charge in [0.2, 0.25) is 0 Å². The number of imidazole rings is 1. The molecule has 4 rings (SSSR count). The second kappa shape index (κ2) is 9.97. The van der Waals surface area contributed by atoms with E-state index in [-0.39, 0.29) is 11.7 Å². The molecular weight excluding hydrogens is 455 g/mol. The van der Waals surface area contributed by atoms with Gasteiger partial charge in [0.05, 0.1) is 13.7 Å². The summed E-state index contributed by atoms with van der Waals surface area (Å²) in [4.78, 5) is 21.4. The molecule has 1 aromatic heterocycles. The summed E-state index contributed by atoms with van der Waals surface area (Å²) >= 11 is 6.07. The zero-order valence-electron chi connectivity index (χ0n) is 19.1. The molecule has 8 heteroatoms. The van der Waals surface area contributed by atoms with Gasteiger partial charge in [0, 0.05) is 42.4 Å². The van der Waals surface area contributed by atoms with Crippen molar-refractivity contribution in [1.82, 2.24) is 9.55 Å². The second-order valence-corrected chi connectivity index (χ2v) is 8.22. The molecule has 0 aliphatic carbocycles.